The van der Waals surface area contributed by atoms with Gasteiger partial charge in [0.15, 0.2) is 6.61 Å². The average Bonchev–Trinajstić information content (AvgIpc) is 2.52. The van der Waals surface area contributed by atoms with E-state index < -0.39 is 0 Å². The number of nitrogens with zero attached hydrogens (tertiary/aromatic N) is 1. The SMILES string of the molecule is CC1CN(C(=O)COc2ccc3ccccc3c2)CCN1.Cl. The summed E-state index contributed by atoms with van der Waals surface area (Å²) in [5.74, 6) is 0.793. The third-order valence-electron chi connectivity index (χ3n) is 3.80. The lowest BCUT2D eigenvalue weighted by Crippen LogP contribution is -2.52. The Kier molecular flexibility index (Phi) is 5.63. The molecule has 22 heavy (non-hydrogen) atoms. The highest BCUT2D eigenvalue weighted by Gasteiger charge is 2.20. The summed E-state index contributed by atoms with van der Waals surface area (Å²) in [7, 11) is 0. The number of nitrogens with one attached hydrogen (secondary N) is 1. The van der Waals surface area contributed by atoms with Crippen molar-refractivity contribution in [2.24, 2.45) is 0 Å². The number of benzene rings is 2. The number of piperazine rings is 1. The van der Waals surface area contributed by atoms with E-state index in [0.29, 0.717) is 6.04 Å². The Morgan fingerprint density at radius 2 is 2.05 bits per heavy atom. The van der Waals surface area contributed by atoms with Gasteiger partial charge >= 0.3 is 0 Å². The van der Waals surface area contributed by atoms with Crippen LogP contribution in [0.15, 0.2) is 42.5 Å². The van der Waals surface area contributed by atoms with E-state index in [1.807, 2.05) is 41.3 Å². The van der Waals surface area contributed by atoms with Crippen LogP contribution in [0.1, 0.15) is 6.92 Å². The van der Waals surface area contributed by atoms with Crippen molar-refractivity contribution in [3.63, 3.8) is 0 Å². The second-order valence-electron chi connectivity index (χ2n) is 5.49. The average molecular weight is 321 g/mol. The largest absolute Gasteiger partial charge is 0.484 e. The van der Waals surface area contributed by atoms with Gasteiger partial charge in [0.2, 0.25) is 0 Å². The van der Waals surface area contributed by atoms with Gasteiger partial charge in [-0.15, -0.1) is 12.4 Å². The summed E-state index contributed by atoms with van der Waals surface area (Å²) in [5, 5.41) is 5.62. The van der Waals surface area contributed by atoms with Crippen molar-refractivity contribution in [1.82, 2.24) is 10.2 Å². The predicted molar refractivity (Wildman–Crippen MR) is 90.7 cm³/mol. The van der Waals surface area contributed by atoms with Crippen molar-refractivity contribution in [1.29, 1.82) is 0 Å². The molecule has 0 radical (unpaired) electrons. The molecule has 1 aliphatic heterocycles. The van der Waals surface area contributed by atoms with Crippen LogP contribution < -0.4 is 10.1 Å². The van der Waals surface area contributed by atoms with Gasteiger partial charge in [0.1, 0.15) is 5.75 Å². The van der Waals surface area contributed by atoms with E-state index in [0.717, 1.165) is 30.8 Å². The molecule has 1 saturated heterocycles. The first-order valence-corrected chi connectivity index (χ1v) is 7.35. The van der Waals surface area contributed by atoms with Gasteiger partial charge in [-0.2, -0.15) is 0 Å². The summed E-state index contributed by atoms with van der Waals surface area (Å²) in [5.41, 5.74) is 0. The summed E-state index contributed by atoms with van der Waals surface area (Å²) >= 11 is 0. The van der Waals surface area contributed by atoms with Crippen LogP contribution in [0.5, 0.6) is 5.75 Å². The molecule has 0 aliphatic carbocycles. The molecule has 1 fully saturated rings. The van der Waals surface area contributed by atoms with E-state index in [1.165, 1.54) is 5.39 Å². The van der Waals surface area contributed by atoms with Gasteiger partial charge in [-0.3, -0.25) is 4.79 Å². The Bertz CT molecular complexity index is 647. The number of ether oxygens (including phenoxy) is 1. The van der Waals surface area contributed by atoms with E-state index in [9.17, 15) is 4.79 Å². The van der Waals surface area contributed by atoms with Gasteiger partial charge in [0, 0.05) is 25.7 Å². The Hall–Kier alpha value is -1.78. The third-order valence-corrected chi connectivity index (χ3v) is 3.80. The van der Waals surface area contributed by atoms with Crippen LogP contribution in [0.4, 0.5) is 0 Å². The van der Waals surface area contributed by atoms with Crippen LogP contribution in [0.25, 0.3) is 10.8 Å². The molecule has 0 bridgehead atoms. The maximum atomic E-state index is 12.2. The van der Waals surface area contributed by atoms with E-state index in [2.05, 4.69) is 18.3 Å². The van der Waals surface area contributed by atoms with Crippen molar-refractivity contribution in [2.45, 2.75) is 13.0 Å². The number of hydrogen-bond donors (Lipinski definition) is 1. The summed E-state index contributed by atoms with van der Waals surface area (Å²) in [6, 6.07) is 14.4. The van der Waals surface area contributed by atoms with Crippen molar-refractivity contribution >= 4 is 29.1 Å². The smallest absolute Gasteiger partial charge is 0.260 e. The summed E-state index contributed by atoms with van der Waals surface area (Å²) < 4.78 is 5.65. The zero-order valence-electron chi connectivity index (χ0n) is 12.6. The second-order valence-corrected chi connectivity index (χ2v) is 5.49. The normalized spacial score (nSPS) is 17.9. The topological polar surface area (TPSA) is 41.6 Å². The standard InChI is InChI=1S/C17H20N2O2.ClH/c1-13-11-19(9-8-18-13)17(20)12-21-16-7-6-14-4-2-3-5-15(14)10-16;/h2-7,10,13,18H,8-9,11-12H2,1H3;1H. The highest BCUT2D eigenvalue weighted by molar-refractivity contribution is 5.85. The van der Waals surface area contributed by atoms with Gasteiger partial charge in [-0.1, -0.05) is 30.3 Å². The Morgan fingerprint density at radius 1 is 1.27 bits per heavy atom. The van der Waals surface area contributed by atoms with Gasteiger partial charge in [-0.25, -0.2) is 0 Å². The lowest BCUT2D eigenvalue weighted by Gasteiger charge is -2.31. The molecular formula is C17H21ClN2O2. The fraction of sp³-hybridized carbons (Fsp3) is 0.353. The van der Waals surface area contributed by atoms with Crippen LogP contribution in [-0.4, -0.2) is 43.1 Å². The molecule has 1 atom stereocenters. The van der Waals surface area contributed by atoms with Crippen LogP contribution in [0, 0.1) is 0 Å². The van der Waals surface area contributed by atoms with E-state index in [-0.39, 0.29) is 24.9 Å². The van der Waals surface area contributed by atoms with Crippen LogP contribution in [0.2, 0.25) is 0 Å². The first kappa shape index (κ1) is 16.6. The zero-order chi connectivity index (χ0) is 14.7. The van der Waals surface area contributed by atoms with Gasteiger partial charge in [-0.05, 0) is 29.8 Å². The fourth-order valence-electron chi connectivity index (χ4n) is 2.65. The van der Waals surface area contributed by atoms with Crippen molar-refractivity contribution < 1.29 is 9.53 Å². The van der Waals surface area contributed by atoms with Crippen molar-refractivity contribution in [2.75, 3.05) is 26.2 Å². The van der Waals surface area contributed by atoms with Crippen molar-refractivity contribution in [3.05, 3.63) is 42.5 Å². The highest BCUT2D eigenvalue weighted by atomic mass is 35.5. The van der Waals surface area contributed by atoms with Crippen LogP contribution in [-0.2, 0) is 4.79 Å². The summed E-state index contributed by atoms with van der Waals surface area (Å²) in [4.78, 5) is 14.0. The molecule has 2 aromatic rings. The minimum absolute atomic E-state index is 0. The number of fused-ring (bicyclic) bond motifs is 1. The second kappa shape index (κ2) is 7.47. The number of amides is 1. The molecule has 3 rings (SSSR count). The fourth-order valence-corrected chi connectivity index (χ4v) is 2.65. The lowest BCUT2D eigenvalue weighted by atomic mass is 10.1. The monoisotopic (exact) mass is 320 g/mol. The number of rotatable bonds is 3. The molecule has 1 aliphatic rings. The number of carbonyl (C=O) groups is 1. The molecule has 1 heterocycles. The van der Waals surface area contributed by atoms with E-state index in [1.54, 1.807) is 0 Å². The maximum Gasteiger partial charge on any atom is 0.260 e. The van der Waals surface area contributed by atoms with E-state index in [4.69, 9.17) is 4.74 Å². The van der Waals surface area contributed by atoms with Crippen LogP contribution >= 0.6 is 12.4 Å². The first-order chi connectivity index (χ1) is 10.2. The molecule has 0 aromatic heterocycles. The van der Waals surface area contributed by atoms with Gasteiger partial charge in [0.05, 0.1) is 0 Å². The molecule has 2 aromatic carbocycles. The molecule has 1 unspecified atom stereocenters. The summed E-state index contributed by atoms with van der Waals surface area (Å²) in [6.07, 6.45) is 0. The molecule has 118 valence electrons. The lowest BCUT2D eigenvalue weighted by molar-refractivity contribution is -0.134. The zero-order valence-corrected chi connectivity index (χ0v) is 13.4. The molecule has 5 heteroatoms. The first-order valence-electron chi connectivity index (χ1n) is 7.35. The Morgan fingerprint density at radius 3 is 2.82 bits per heavy atom. The molecule has 1 amide bonds. The Balaban J connectivity index is 0.00000176. The number of carbonyl (C=O) groups excluding carboxylic acids is 1. The summed E-state index contributed by atoms with van der Waals surface area (Å²) in [6.45, 7) is 4.54. The molecule has 0 saturated carbocycles. The van der Waals surface area contributed by atoms with Crippen LogP contribution in [0.3, 0.4) is 0 Å². The van der Waals surface area contributed by atoms with E-state index >= 15 is 0 Å². The number of halogens is 1. The Labute approximate surface area is 136 Å². The van der Waals surface area contributed by atoms with Gasteiger partial charge in [0.25, 0.3) is 5.91 Å². The quantitative estimate of drug-likeness (QED) is 0.944. The highest BCUT2D eigenvalue weighted by Crippen LogP contribution is 2.20. The predicted octanol–water partition coefficient (Wildman–Crippen LogP) is 2.46. The molecule has 0 spiro atoms. The van der Waals surface area contributed by atoms with Gasteiger partial charge < -0.3 is 15.0 Å². The minimum Gasteiger partial charge on any atom is -0.484 e. The maximum absolute atomic E-state index is 12.2. The number of hydrogen-bond acceptors (Lipinski definition) is 3. The molecule has 1 N–H and O–H groups in total. The molecule has 4 nitrogen and oxygen atoms in total. The van der Waals surface area contributed by atoms with Crippen molar-refractivity contribution in [3.8, 4) is 5.75 Å². The third kappa shape index (κ3) is 3.90. The minimum atomic E-state index is 0. The molecular weight excluding hydrogens is 300 g/mol.